The van der Waals surface area contributed by atoms with Crippen molar-refractivity contribution in [3.8, 4) is 0 Å². The van der Waals surface area contributed by atoms with Gasteiger partial charge in [0.2, 0.25) is 5.89 Å². The number of hydrogen-bond donors (Lipinski definition) is 0. The summed E-state index contributed by atoms with van der Waals surface area (Å²) in [7, 11) is 0. The van der Waals surface area contributed by atoms with Gasteiger partial charge in [-0.25, -0.2) is 9.97 Å². The highest BCUT2D eigenvalue weighted by Gasteiger charge is 2.31. The molecular weight excluding hydrogens is 326 g/mol. The molecule has 0 saturated carbocycles. The first-order valence-corrected chi connectivity index (χ1v) is 9.16. The van der Waals surface area contributed by atoms with Crippen LogP contribution in [0.15, 0.2) is 47.1 Å². The fourth-order valence-electron chi connectivity index (χ4n) is 3.34. The summed E-state index contributed by atoms with van der Waals surface area (Å²) in [4.78, 5) is 16.1. The molecule has 0 aliphatic carbocycles. The van der Waals surface area contributed by atoms with Crippen LogP contribution in [0.3, 0.4) is 0 Å². The summed E-state index contributed by atoms with van der Waals surface area (Å²) in [6.07, 6.45) is 4.67. The topological polar surface area (TPSA) is 67.9 Å². The van der Waals surface area contributed by atoms with Gasteiger partial charge in [0.15, 0.2) is 5.82 Å². The molecule has 0 amide bonds. The van der Waals surface area contributed by atoms with Crippen LogP contribution in [0.25, 0.3) is 0 Å². The molecule has 26 heavy (non-hydrogen) atoms. The van der Waals surface area contributed by atoms with Crippen molar-refractivity contribution < 1.29 is 4.52 Å². The molecule has 6 nitrogen and oxygen atoms in total. The van der Waals surface area contributed by atoms with E-state index in [1.165, 1.54) is 5.56 Å². The Balaban J connectivity index is 1.56. The summed E-state index contributed by atoms with van der Waals surface area (Å²) >= 11 is 0. The van der Waals surface area contributed by atoms with Gasteiger partial charge in [0.05, 0.1) is 6.04 Å². The standard InChI is InChI=1S/C20H23N5O/c1-14(2)20-23-19(24-26-20)16-9-6-12-25(16)18-10-11-21-17(22-18)13-15-7-4-3-5-8-15/h3-5,7-8,10-11,14,16H,6,9,12-13H2,1-2H3. The van der Waals surface area contributed by atoms with Crippen molar-refractivity contribution in [2.45, 2.75) is 45.1 Å². The van der Waals surface area contributed by atoms with Gasteiger partial charge in [-0.15, -0.1) is 0 Å². The SMILES string of the molecule is CC(C)c1nc(C2CCCN2c2ccnc(Cc3ccccc3)n2)no1. The van der Waals surface area contributed by atoms with Crippen LogP contribution in [0, 0.1) is 0 Å². The highest BCUT2D eigenvalue weighted by Crippen LogP contribution is 2.34. The average Bonchev–Trinajstić information content (AvgIpc) is 3.32. The first kappa shape index (κ1) is 16.7. The fraction of sp³-hybridized carbons (Fsp3) is 0.400. The number of hydrogen-bond acceptors (Lipinski definition) is 6. The fourth-order valence-corrected chi connectivity index (χ4v) is 3.34. The minimum Gasteiger partial charge on any atom is -0.346 e. The Labute approximate surface area is 153 Å². The lowest BCUT2D eigenvalue weighted by atomic mass is 10.1. The van der Waals surface area contributed by atoms with Gasteiger partial charge >= 0.3 is 0 Å². The van der Waals surface area contributed by atoms with Gasteiger partial charge in [-0.05, 0) is 24.5 Å². The molecule has 0 spiro atoms. The van der Waals surface area contributed by atoms with E-state index in [4.69, 9.17) is 9.51 Å². The van der Waals surface area contributed by atoms with Crippen molar-refractivity contribution in [1.82, 2.24) is 20.1 Å². The van der Waals surface area contributed by atoms with Crippen LogP contribution >= 0.6 is 0 Å². The minimum atomic E-state index is 0.116. The largest absolute Gasteiger partial charge is 0.346 e. The van der Waals surface area contributed by atoms with E-state index in [9.17, 15) is 0 Å². The Hall–Kier alpha value is -2.76. The van der Waals surface area contributed by atoms with Crippen LogP contribution in [0.1, 0.15) is 61.8 Å². The smallest absolute Gasteiger partial charge is 0.229 e. The highest BCUT2D eigenvalue weighted by molar-refractivity contribution is 5.42. The first-order chi connectivity index (χ1) is 12.7. The molecule has 1 aliphatic heterocycles. The van der Waals surface area contributed by atoms with E-state index in [2.05, 4.69) is 46.0 Å². The van der Waals surface area contributed by atoms with Crippen LogP contribution in [-0.2, 0) is 6.42 Å². The Morgan fingerprint density at radius 2 is 2.00 bits per heavy atom. The van der Waals surface area contributed by atoms with Crippen LogP contribution in [0.2, 0.25) is 0 Å². The second kappa shape index (κ2) is 7.23. The summed E-state index contributed by atoms with van der Waals surface area (Å²) in [6, 6.07) is 12.4. The maximum absolute atomic E-state index is 5.40. The number of aromatic nitrogens is 4. The van der Waals surface area contributed by atoms with Crippen molar-refractivity contribution in [2.24, 2.45) is 0 Å². The lowest BCUT2D eigenvalue weighted by molar-refractivity contribution is 0.358. The Kier molecular flexibility index (Phi) is 4.65. The van der Waals surface area contributed by atoms with E-state index in [0.717, 1.165) is 43.3 Å². The zero-order chi connectivity index (χ0) is 17.9. The number of anilines is 1. The maximum Gasteiger partial charge on any atom is 0.229 e. The van der Waals surface area contributed by atoms with E-state index in [1.54, 1.807) is 0 Å². The Bertz CT molecular complexity index is 861. The third-order valence-electron chi connectivity index (χ3n) is 4.69. The quantitative estimate of drug-likeness (QED) is 0.695. The molecule has 3 heterocycles. The molecule has 1 saturated heterocycles. The van der Waals surface area contributed by atoms with Gasteiger partial charge in [-0.2, -0.15) is 4.98 Å². The molecule has 3 aromatic rings. The summed E-state index contributed by atoms with van der Waals surface area (Å²) in [5.74, 6) is 3.45. The van der Waals surface area contributed by atoms with Gasteiger partial charge in [0.1, 0.15) is 11.6 Å². The normalized spacial score (nSPS) is 17.2. The third-order valence-corrected chi connectivity index (χ3v) is 4.69. The van der Waals surface area contributed by atoms with Crippen molar-refractivity contribution in [3.63, 3.8) is 0 Å². The molecule has 1 atom stereocenters. The van der Waals surface area contributed by atoms with Crippen molar-refractivity contribution >= 4 is 5.82 Å². The lowest BCUT2D eigenvalue weighted by Crippen LogP contribution is -2.25. The molecule has 0 radical (unpaired) electrons. The summed E-state index contributed by atoms with van der Waals surface area (Å²) in [5, 5.41) is 4.21. The van der Waals surface area contributed by atoms with Crippen LogP contribution < -0.4 is 4.90 Å². The van der Waals surface area contributed by atoms with Crippen LogP contribution in [-0.4, -0.2) is 26.7 Å². The number of benzene rings is 1. The first-order valence-electron chi connectivity index (χ1n) is 9.16. The zero-order valence-electron chi connectivity index (χ0n) is 15.2. The van der Waals surface area contributed by atoms with Gasteiger partial charge in [-0.1, -0.05) is 49.3 Å². The maximum atomic E-state index is 5.40. The molecule has 6 heteroatoms. The molecule has 0 N–H and O–H groups in total. The van der Waals surface area contributed by atoms with Gasteiger partial charge < -0.3 is 9.42 Å². The molecule has 134 valence electrons. The van der Waals surface area contributed by atoms with E-state index >= 15 is 0 Å². The lowest BCUT2D eigenvalue weighted by Gasteiger charge is -2.23. The van der Waals surface area contributed by atoms with Gasteiger partial charge in [-0.3, -0.25) is 0 Å². The summed E-state index contributed by atoms with van der Waals surface area (Å²) < 4.78 is 5.40. The number of nitrogens with zero attached hydrogens (tertiary/aromatic N) is 5. The summed E-state index contributed by atoms with van der Waals surface area (Å²) in [5.41, 5.74) is 1.21. The minimum absolute atomic E-state index is 0.116. The van der Waals surface area contributed by atoms with E-state index in [1.807, 2.05) is 30.5 Å². The highest BCUT2D eigenvalue weighted by atomic mass is 16.5. The predicted molar refractivity (Wildman–Crippen MR) is 99.0 cm³/mol. The molecule has 4 rings (SSSR count). The Morgan fingerprint density at radius 3 is 2.77 bits per heavy atom. The van der Waals surface area contributed by atoms with Crippen molar-refractivity contribution in [2.75, 3.05) is 11.4 Å². The molecule has 0 bridgehead atoms. The Morgan fingerprint density at radius 1 is 1.15 bits per heavy atom. The van der Waals surface area contributed by atoms with Crippen molar-refractivity contribution in [1.29, 1.82) is 0 Å². The molecule has 1 aromatic carbocycles. The summed E-state index contributed by atoms with van der Waals surface area (Å²) in [6.45, 7) is 5.06. The number of rotatable bonds is 5. The van der Waals surface area contributed by atoms with Crippen molar-refractivity contribution in [3.05, 3.63) is 65.7 Å². The second-order valence-corrected chi connectivity index (χ2v) is 6.99. The van der Waals surface area contributed by atoms with Gasteiger partial charge in [0.25, 0.3) is 0 Å². The molecule has 1 unspecified atom stereocenters. The molecule has 2 aromatic heterocycles. The predicted octanol–water partition coefficient (Wildman–Crippen LogP) is 3.92. The average molecular weight is 349 g/mol. The van der Waals surface area contributed by atoms with E-state index < -0.39 is 0 Å². The third kappa shape index (κ3) is 3.45. The molecular formula is C20H23N5O. The van der Waals surface area contributed by atoms with Gasteiger partial charge in [0, 0.05) is 25.1 Å². The zero-order valence-corrected chi connectivity index (χ0v) is 15.2. The van der Waals surface area contributed by atoms with Crippen LogP contribution in [0.5, 0.6) is 0 Å². The van der Waals surface area contributed by atoms with Crippen LogP contribution in [0.4, 0.5) is 5.82 Å². The second-order valence-electron chi connectivity index (χ2n) is 6.99. The van der Waals surface area contributed by atoms with E-state index in [0.29, 0.717) is 5.89 Å². The monoisotopic (exact) mass is 349 g/mol. The van der Waals surface area contributed by atoms with E-state index in [-0.39, 0.29) is 12.0 Å². The molecule has 1 fully saturated rings. The molecule has 1 aliphatic rings.